The van der Waals surface area contributed by atoms with E-state index in [-0.39, 0.29) is 11.5 Å². The highest BCUT2D eigenvalue weighted by Gasteiger charge is 2.33. The number of aromatic nitrogens is 3. The van der Waals surface area contributed by atoms with Crippen LogP contribution in [0, 0.1) is 5.41 Å². The van der Waals surface area contributed by atoms with E-state index in [9.17, 15) is 5.11 Å². The zero-order chi connectivity index (χ0) is 12.8. The maximum absolute atomic E-state index is 10.2. The predicted molar refractivity (Wildman–Crippen MR) is 64.9 cm³/mol. The van der Waals surface area contributed by atoms with E-state index in [1.54, 1.807) is 0 Å². The average Bonchev–Trinajstić information content (AvgIpc) is 2.88. The number of rotatable bonds is 2. The lowest BCUT2D eigenvalue weighted by Crippen LogP contribution is -2.27. The molecule has 0 aromatic carbocycles. The molecule has 0 fully saturated rings. The van der Waals surface area contributed by atoms with Gasteiger partial charge in [-0.25, -0.2) is 0 Å². The summed E-state index contributed by atoms with van der Waals surface area (Å²) in [6.45, 7) is 4.96. The first-order valence-electron chi connectivity index (χ1n) is 6.16. The number of hydrogen-bond acceptors (Lipinski definition) is 4. The van der Waals surface area contributed by atoms with E-state index in [0.29, 0.717) is 12.4 Å². The topological polar surface area (TPSA) is 64.1 Å². The van der Waals surface area contributed by atoms with Gasteiger partial charge in [0.15, 0.2) is 5.82 Å². The third kappa shape index (κ3) is 1.95. The summed E-state index contributed by atoms with van der Waals surface area (Å²) in [4.78, 5) is 4.03. The van der Waals surface area contributed by atoms with Crippen LogP contribution in [0.25, 0.3) is 0 Å². The number of nitrogens with zero attached hydrogens (tertiary/aromatic N) is 3. The Labute approximate surface area is 105 Å². The molecule has 0 saturated heterocycles. The molecule has 1 aliphatic rings. The third-order valence-electron chi connectivity index (χ3n) is 3.58. The molecule has 0 bridgehead atoms. The first kappa shape index (κ1) is 11.5. The fourth-order valence-corrected chi connectivity index (χ4v) is 2.75. The van der Waals surface area contributed by atoms with E-state index in [1.807, 2.05) is 12.3 Å². The van der Waals surface area contributed by atoms with Crippen LogP contribution in [-0.4, -0.2) is 19.8 Å². The van der Waals surface area contributed by atoms with Crippen LogP contribution in [0.5, 0.6) is 0 Å². The number of aliphatic hydroxyl groups is 1. The molecule has 0 amide bonds. The summed E-state index contributed by atoms with van der Waals surface area (Å²) in [5, 5.41) is 14.0. The monoisotopic (exact) mass is 247 g/mol. The molecule has 0 saturated carbocycles. The Morgan fingerprint density at radius 1 is 1.56 bits per heavy atom. The van der Waals surface area contributed by atoms with Crippen LogP contribution in [0.15, 0.2) is 23.2 Å². The van der Waals surface area contributed by atoms with Crippen molar-refractivity contribution in [2.45, 2.75) is 39.3 Å². The maximum Gasteiger partial charge on any atom is 0.213 e. The minimum absolute atomic E-state index is 0.125. The SMILES string of the molecule is CC1(C)Cc2c(ccn2Cc2ncon2)C(O)C1. The Balaban J connectivity index is 1.94. The molecule has 1 aliphatic carbocycles. The fraction of sp³-hybridized carbons (Fsp3) is 0.538. The Hall–Kier alpha value is -1.62. The quantitative estimate of drug-likeness (QED) is 0.880. The second-order valence-electron chi connectivity index (χ2n) is 5.75. The molecule has 1 unspecified atom stereocenters. The molecule has 1 N–H and O–H groups in total. The minimum Gasteiger partial charge on any atom is -0.388 e. The Kier molecular flexibility index (Phi) is 2.52. The third-order valence-corrected chi connectivity index (χ3v) is 3.58. The molecule has 3 rings (SSSR count). The van der Waals surface area contributed by atoms with E-state index < -0.39 is 0 Å². The van der Waals surface area contributed by atoms with Crippen LogP contribution >= 0.6 is 0 Å². The van der Waals surface area contributed by atoms with Gasteiger partial charge in [0, 0.05) is 17.5 Å². The van der Waals surface area contributed by atoms with Crippen molar-refractivity contribution in [3.8, 4) is 0 Å². The van der Waals surface area contributed by atoms with Gasteiger partial charge < -0.3 is 14.2 Å². The molecule has 0 spiro atoms. The van der Waals surface area contributed by atoms with Crippen molar-refractivity contribution >= 4 is 0 Å². The van der Waals surface area contributed by atoms with Crippen molar-refractivity contribution in [3.05, 3.63) is 35.7 Å². The van der Waals surface area contributed by atoms with E-state index >= 15 is 0 Å². The van der Waals surface area contributed by atoms with Gasteiger partial charge >= 0.3 is 0 Å². The zero-order valence-corrected chi connectivity index (χ0v) is 10.6. The predicted octanol–water partition coefficient (Wildman–Crippen LogP) is 1.93. The van der Waals surface area contributed by atoms with Gasteiger partial charge in [-0.15, -0.1) is 0 Å². The summed E-state index contributed by atoms with van der Waals surface area (Å²) in [7, 11) is 0. The van der Waals surface area contributed by atoms with Gasteiger partial charge in [0.2, 0.25) is 6.39 Å². The van der Waals surface area contributed by atoms with Gasteiger partial charge in [-0.3, -0.25) is 0 Å². The lowest BCUT2D eigenvalue weighted by molar-refractivity contribution is 0.0980. The second-order valence-corrected chi connectivity index (χ2v) is 5.75. The fourth-order valence-electron chi connectivity index (χ4n) is 2.75. The molecule has 2 aromatic rings. The normalized spacial score (nSPS) is 21.8. The Bertz CT molecular complexity index is 543. The van der Waals surface area contributed by atoms with Gasteiger partial charge in [0.25, 0.3) is 0 Å². The van der Waals surface area contributed by atoms with Crippen LogP contribution in [0.3, 0.4) is 0 Å². The van der Waals surface area contributed by atoms with Crippen LogP contribution in [0.4, 0.5) is 0 Å². The summed E-state index contributed by atoms with van der Waals surface area (Å²) in [6, 6.07) is 2.00. The van der Waals surface area contributed by atoms with Crippen molar-refractivity contribution in [2.75, 3.05) is 0 Å². The average molecular weight is 247 g/mol. The highest BCUT2D eigenvalue weighted by molar-refractivity contribution is 5.29. The van der Waals surface area contributed by atoms with E-state index in [2.05, 4.69) is 28.6 Å². The first-order valence-corrected chi connectivity index (χ1v) is 6.16. The highest BCUT2D eigenvalue weighted by atomic mass is 16.5. The summed E-state index contributed by atoms with van der Waals surface area (Å²) in [5.74, 6) is 0.659. The minimum atomic E-state index is -0.365. The lowest BCUT2D eigenvalue weighted by atomic mass is 9.75. The largest absolute Gasteiger partial charge is 0.388 e. The number of hydrogen-bond donors (Lipinski definition) is 1. The van der Waals surface area contributed by atoms with Crippen LogP contribution in [-0.2, 0) is 13.0 Å². The zero-order valence-electron chi connectivity index (χ0n) is 10.6. The second kappa shape index (κ2) is 3.95. The summed E-state index contributed by atoms with van der Waals surface area (Å²) in [6.07, 6.45) is 4.74. The van der Waals surface area contributed by atoms with Crippen molar-refractivity contribution < 1.29 is 9.63 Å². The van der Waals surface area contributed by atoms with E-state index in [4.69, 9.17) is 4.52 Å². The van der Waals surface area contributed by atoms with Crippen molar-refractivity contribution in [3.63, 3.8) is 0 Å². The first-order chi connectivity index (χ1) is 8.55. The van der Waals surface area contributed by atoms with Gasteiger partial charge in [0.05, 0.1) is 12.6 Å². The van der Waals surface area contributed by atoms with Crippen LogP contribution in [0.1, 0.15) is 43.5 Å². The van der Waals surface area contributed by atoms with Crippen molar-refractivity contribution in [2.24, 2.45) is 5.41 Å². The Morgan fingerprint density at radius 3 is 3.11 bits per heavy atom. The molecule has 0 radical (unpaired) electrons. The molecule has 18 heavy (non-hydrogen) atoms. The standard InChI is InChI=1S/C13H17N3O2/c1-13(2)5-10-9(11(17)6-13)3-4-16(10)7-12-14-8-18-15-12/h3-4,8,11,17H,5-7H2,1-2H3. The van der Waals surface area contributed by atoms with Crippen molar-refractivity contribution in [1.29, 1.82) is 0 Å². The molecule has 1 atom stereocenters. The summed E-state index contributed by atoms with van der Waals surface area (Å²) in [5.41, 5.74) is 2.35. The summed E-state index contributed by atoms with van der Waals surface area (Å²) < 4.78 is 6.85. The van der Waals surface area contributed by atoms with Crippen LogP contribution < -0.4 is 0 Å². The molecular weight excluding hydrogens is 230 g/mol. The molecule has 5 heteroatoms. The van der Waals surface area contributed by atoms with E-state index in [0.717, 1.165) is 18.4 Å². The molecule has 0 aliphatic heterocycles. The molecular formula is C13H17N3O2. The van der Waals surface area contributed by atoms with Gasteiger partial charge in [-0.2, -0.15) is 4.98 Å². The highest BCUT2D eigenvalue weighted by Crippen LogP contribution is 2.41. The maximum atomic E-state index is 10.2. The van der Waals surface area contributed by atoms with Gasteiger partial charge in [0.1, 0.15) is 0 Å². The van der Waals surface area contributed by atoms with Crippen molar-refractivity contribution in [1.82, 2.24) is 14.7 Å². The lowest BCUT2D eigenvalue weighted by Gasteiger charge is -2.33. The molecule has 5 nitrogen and oxygen atoms in total. The van der Waals surface area contributed by atoms with Crippen LogP contribution in [0.2, 0.25) is 0 Å². The number of aliphatic hydroxyl groups excluding tert-OH is 1. The van der Waals surface area contributed by atoms with Gasteiger partial charge in [-0.1, -0.05) is 19.0 Å². The number of fused-ring (bicyclic) bond motifs is 1. The smallest absolute Gasteiger partial charge is 0.213 e. The molecule has 2 aromatic heterocycles. The molecule has 96 valence electrons. The Morgan fingerprint density at radius 2 is 2.39 bits per heavy atom. The van der Waals surface area contributed by atoms with Gasteiger partial charge in [-0.05, 0) is 24.3 Å². The summed E-state index contributed by atoms with van der Waals surface area (Å²) >= 11 is 0. The molecule has 2 heterocycles. The van der Waals surface area contributed by atoms with E-state index in [1.165, 1.54) is 12.1 Å².